The summed E-state index contributed by atoms with van der Waals surface area (Å²) in [6, 6.07) is 5.76. The maximum Gasteiger partial charge on any atom is 0.0762 e. The number of methoxy groups -OCH3 is 1. The van der Waals surface area contributed by atoms with Crippen LogP contribution in [0.25, 0.3) is 0 Å². The van der Waals surface area contributed by atoms with Crippen LogP contribution < -0.4 is 4.90 Å². The molecular formula is C15H20ClNO2. The van der Waals surface area contributed by atoms with Gasteiger partial charge in [0.05, 0.1) is 23.4 Å². The van der Waals surface area contributed by atoms with Crippen molar-refractivity contribution in [2.75, 3.05) is 31.7 Å². The first kappa shape index (κ1) is 14.4. The second-order valence-electron chi connectivity index (χ2n) is 4.88. The fraction of sp³-hybridized carbons (Fsp3) is 0.467. The lowest BCUT2D eigenvalue weighted by atomic mass is 10.1. The number of anilines is 1. The molecule has 3 nitrogen and oxygen atoms in total. The number of ether oxygens (including phenoxy) is 1. The Kier molecular flexibility index (Phi) is 4.86. The summed E-state index contributed by atoms with van der Waals surface area (Å²) in [6.45, 7) is 4.25. The van der Waals surface area contributed by atoms with Crippen molar-refractivity contribution in [3.8, 4) is 0 Å². The van der Waals surface area contributed by atoms with Crippen LogP contribution in [-0.4, -0.2) is 31.9 Å². The Morgan fingerprint density at radius 1 is 1.47 bits per heavy atom. The molecule has 1 aromatic rings. The molecule has 19 heavy (non-hydrogen) atoms. The van der Waals surface area contributed by atoms with Crippen molar-refractivity contribution >= 4 is 17.3 Å². The largest absolute Gasteiger partial charge is 0.389 e. The monoisotopic (exact) mass is 281 g/mol. The second kappa shape index (κ2) is 6.42. The number of nitrogens with zero attached hydrogens (tertiary/aromatic N) is 1. The van der Waals surface area contributed by atoms with Gasteiger partial charge in [-0.15, -0.1) is 0 Å². The van der Waals surface area contributed by atoms with E-state index in [1.165, 1.54) is 5.57 Å². The minimum atomic E-state index is -0.485. The smallest absolute Gasteiger partial charge is 0.0762 e. The van der Waals surface area contributed by atoms with E-state index in [0.29, 0.717) is 11.6 Å². The topological polar surface area (TPSA) is 32.7 Å². The number of benzene rings is 1. The molecule has 0 spiro atoms. The van der Waals surface area contributed by atoms with Crippen molar-refractivity contribution in [1.29, 1.82) is 0 Å². The lowest BCUT2D eigenvalue weighted by molar-refractivity contribution is 0.199. The molecule has 1 aromatic carbocycles. The number of hydrogen-bond donors (Lipinski definition) is 1. The highest BCUT2D eigenvalue weighted by Crippen LogP contribution is 2.30. The predicted molar refractivity (Wildman–Crippen MR) is 78.9 cm³/mol. The van der Waals surface area contributed by atoms with E-state index in [-0.39, 0.29) is 0 Å². The van der Waals surface area contributed by atoms with Crippen molar-refractivity contribution < 1.29 is 9.84 Å². The first-order valence-electron chi connectivity index (χ1n) is 6.51. The van der Waals surface area contributed by atoms with Crippen LogP contribution in [0.4, 0.5) is 5.69 Å². The molecule has 4 heteroatoms. The Morgan fingerprint density at radius 3 is 2.79 bits per heavy atom. The Hall–Kier alpha value is -1.03. The zero-order valence-electron chi connectivity index (χ0n) is 11.4. The highest BCUT2D eigenvalue weighted by Gasteiger charge is 2.15. The van der Waals surface area contributed by atoms with Gasteiger partial charge in [-0.3, -0.25) is 0 Å². The number of rotatable bonds is 4. The molecule has 1 N–H and O–H groups in total. The SMILES string of the molecule is COCC1=CCN(c2ccc([C@@H](C)O)cc2Cl)CC1. The van der Waals surface area contributed by atoms with E-state index in [2.05, 4.69) is 11.0 Å². The molecule has 0 bridgehead atoms. The Labute approximate surface area is 119 Å². The Balaban J connectivity index is 2.11. The van der Waals surface area contributed by atoms with Gasteiger partial charge < -0.3 is 14.7 Å². The number of hydrogen-bond acceptors (Lipinski definition) is 3. The molecule has 0 saturated carbocycles. The molecule has 0 radical (unpaired) electrons. The lowest BCUT2D eigenvalue weighted by Gasteiger charge is -2.29. The third-order valence-corrected chi connectivity index (χ3v) is 3.73. The van der Waals surface area contributed by atoms with Gasteiger partial charge in [0.25, 0.3) is 0 Å². The molecule has 0 fully saturated rings. The van der Waals surface area contributed by atoms with E-state index >= 15 is 0 Å². The third kappa shape index (κ3) is 3.50. The molecular weight excluding hydrogens is 262 g/mol. The van der Waals surface area contributed by atoms with E-state index in [1.54, 1.807) is 14.0 Å². The van der Waals surface area contributed by atoms with Gasteiger partial charge in [-0.1, -0.05) is 23.7 Å². The summed E-state index contributed by atoms with van der Waals surface area (Å²) in [4.78, 5) is 2.24. The van der Waals surface area contributed by atoms with Crippen molar-refractivity contribution in [2.45, 2.75) is 19.4 Å². The summed E-state index contributed by atoms with van der Waals surface area (Å²) in [6.07, 6.45) is 2.72. The summed E-state index contributed by atoms with van der Waals surface area (Å²) in [7, 11) is 1.72. The van der Waals surface area contributed by atoms with E-state index in [4.69, 9.17) is 16.3 Å². The average molecular weight is 282 g/mol. The first-order valence-corrected chi connectivity index (χ1v) is 6.89. The van der Waals surface area contributed by atoms with E-state index in [0.717, 1.165) is 30.8 Å². The summed E-state index contributed by atoms with van der Waals surface area (Å²) in [5.41, 5.74) is 3.22. The van der Waals surface area contributed by atoms with Gasteiger partial charge >= 0.3 is 0 Å². The van der Waals surface area contributed by atoms with Gasteiger partial charge in [-0.2, -0.15) is 0 Å². The van der Waals surface area contributed by atoms with Gasteiger partial charge in [0.1, 0.15) is 0 Å². The van der Waals surface area contributed by atoms with Crippen LogP contribution in [0, 0.1) is 0 Å². The van der Waals surface area contributed by atoms with Gasteiger partial charge in [-0.05, 0) is 36.6 Å². The maximum absolute atomic E-state index is 9.55. The van der Waals surface area contributed by atoms with Crippen molar-refractivity contribution in [2.24, 2.45) is 0 Å². The highest BCUT2D eigenvalue weighted by atomic mass is 35.5. The van der Waals surface area contributed by atoms with E-state index < -0.39 is 6.10 Å². The van der Waals surface area contributed by atoms with Crippen molar-refractivity contribution in [3.05, 3.63) is 40.4 Å². The summed E-state index contributed by atoms with van der Waals surface area (Å²) >= 11 is 6.31. The normalized spacial score (nSPS) is 17.3. The van der Waals surface area contributed by atoms with Crippen molar-refractivity contribution in [3.63, 3.8) is 0 Å². The second-order valence-corrected chi connectivity index (χ2v) is 5.29. The summed E-state index contributed by atoms with van der Waals surface area (Å²) in [5.74, 6) is 0. The highest BCUT2D eigenvalue weighted by molar-refractivity contribution is 6.33. The molecule has 0 aromatic heterocycles. The number of aliphatic hydroxyl groups excluding tert-OH is 1. The average Bonchev–Trinajstić information content (AvgIpc) is 2.40. The van der Waals surface area contributed by atoms with Gasteiger partial charge in [-0.25, -0.2) is 0 Å². The molecule has 0 unspecified atom stereocenters. The Bertz CT molecular complexity index is 471. The molecule has 1 aliphatic rings. The van der Waals surface area contributed by atoms with Gasteiger partial charge in [0.15, 0.2) is 0 Å². The fourth-order valence-electron chi connectivity index (χ4n) is 2.29. The minimum Gasteiger partial charge on any atom is -0.389 e. The third-order valence-electron chi connectivity index (χ3n) is 3.43. The fourth-order valence-corrected chi connectivity index (χ4v) is 2.59. The lowest BCUT2D eigenvalue weighted by Crippen LogP contribution is -2.29. The van der Waals surface area contributed by atoms with Crippen LogP contribution in [0.2, 0.25) is 5.02 Å². The Morgan fingerprint density at radius 2 is 2.26 bits per heavy atom. The quantitative estimate of drug-likeness (QED) is 0.861. The molecule has 1 heterocycles. The molecule has 2 rings (SSSR count). The van der Waals surface area contributed by atoms with Crippen LogP contribution in [0.3, 0.4) is 0 Å². The standard InChI is InChI=1S/C15H20ClNO2/c1-11(18)13-3-4-15(14(16)9-13)17-7-5-12(6-8-17)10-19-2/h3-5,9,11,18H,6-8,10H2,1-2H3/t11-/m1/s1. The van der Waals surface area contributed by atoms with Crippen LogP contribution in [-0.2, 0) is 4.74 Å². The number of aliphatic hydroxyl groups is 1. The molecule has 0 amide bonds. The van der Waals surface area contributed by atoms with E-state index in [1.807, 2.05) is 18.2 Å². The maximum atomic E-state index is 9.55. The van der Waals surface area contributed by atoms with E-state index in [9.17, 15) is 5.11 Å². The molecule has 104 valence electrons. The van der Waals surface area contributed by atoms with Gasteiger partial charge in [0.2, 0.25) is 0 Å². The molecule has 1 aliphatic heterocycles. The van der Waals surface area contributed by atoms with Crippen LogP contribution in [0.15, 0.2) is 29.8 Å². The molecule has 0 saturated heterocycles. The number of halogens is 1. The molecule has 0 aliphatic carbocycles. The first-order chi connectivity index (χ1) is 9.11. The summed E-state index contributed by atoms with van der Waals surface area (Å²) < 4.78 is 5.15. The zero-order chi connectivity index (χ0) is 13.8. The minimum absolute atomic E-state index is 0.485. The van der Waals surface area contributed by atoms with Crippen molar-refractivity contribution in [1.82, 2.24) is 0 Å². The van der Waals surface area contributed by atoms with Crippen LogP contribution in [0.5, 0.6) is 0 Å². The predicted octanol–water partition coefficient (Wildman–Crippen LogP) is 3.18. The van der Waals surface area contributed by atoms with Crippen LogP contribution in [0.1, 0.15) is 25.0 Å². The summed E-state index contributed by atoms with van der Waals surface area (Å²) in [5, 5.41) is 10.2. The van der Waals surface area contributed by atoms with Crippen LogP contribution >= 0.6 is 11.6 Å². The van der Waals surface area contributed by atoms with Gasteiger partial charge in [0, 0.05) is 20.2 Å². The zero-order valence-corrected chi connectivity index (χ0v) is 12.2. The molecule has 1 atom stereocenters.